The molecule has 1 saturated carbocycles. The molecule has 5 nitrogen and oxygen atoms in total. The Hall–Kier alpha value is -1.56. The second kappa shape index (κ2) is 6.26. The summed E-state index contributed by atoms with van der Waals surface area (Å²) in [7, 11) is 1.57. The van der Waals surface area contributed by atoms with Gasteiger partial charge in [0.2, 0.25) is 5.91 Å². The van der Waals surface area contributed by atoms with Crippen molar-refractivity contribution in [1.29, 1.82) is 0 Å². The number of nitrogens with zero attached hydrogens (tertiary/aromatic N) is 1. The number of carbonyl (C=O) groups is 2. The Morgan fingerprint density at radius 3 is 2.70 bits per heavy atom. The van der Waals surface area contributed by atoms with Crippen LogP contribution in [0.4, 0.5) is 0 Å². The summed E-state index contributed by atoms with van der Waals surface area (Å²) in [5.74, 6) is -0.467. The van der Waals surface area contributed by atoms with Crippen LogP contribution in [0.1, 0.15) is 18.4 Å². The molecule has 1 amide bonds. The van der Waals surface area contributed by atoms with E-state index in [1.165, 1.54) is 4.90 Å². The second-order valence-electron chi connectivity index (χ2n) is 4.78. The highest BCUT2D eigenvalue weighted by molar-refractivity contribution is 9.10. The van der Waals surface area contributed by atoms with Gasteiger partial charge < -0.3 is 14.7 Å². The summed E-state index contributed by atoms with van der Waals surface area (Å²) >= 11 is 3.40. The predicted molar refractivity (Wildman–Crippen MR) is 76.8 cm³/mol. The number of hydrogen-bond acceptors (Lipinski definition) is 3. The highest BCUT2D eigenvalue weighted by Gasteiger charge is 2.33. The van der Waals surface area contributed by atoms with Crippen LogP contribution >= 0.6 is 15.9 Å². The molecule has 0 saturated heterocycles. The van der Waals surface area contributed by atoms with Gasteiger partial charge in [-0.2, -0.15) is 0 Å². The highest BCUT2D eigenvalue weighted by Crippen LogP contribution is 2.29. The lowest BCUT2D eigenvalue weighted by Gasteiger charge is -2.20. The Kier molecular flexibility index (Phi) is 4.65. The van der Waals surface area contributed by atoms with Gasteiger partial charge in [-0.1, -0.05) is 15.9 Å². The summed E-state index contributed by atoms with van der Waals surface area (Å²) in [4.78, 5) is 24.6. The third kappa shape index (κ3) is 3.72. The lowest BCUT2D eigenvalue weighted by atomic mass is 10.1. The summed E-state index contributed by atoms with van der Waals surface area (Å²) in [6, 6.07) is 5.49. The molecule has 6 heteroatoms. The molecule has 0 bridgehead atoms. The highest BCUT2D eigenvalue weighted by atomic mass is 79.9. The number of carboxylic acid groups (broad SMARTS) is 1. The first-order chi connectivity index (χ1) is 9.51. The van der Waals surface area contributed by atoms with Crippen LogP contribution in [0.2, 0.25) is 0 Å². The Morgan fingerprint density at radius 2 is 2.15 bits per heavy atom. The first kappa shape index (κ1) is 14.8. The Balaban J connectivity index is 2.11. The summed E-state index contributed by atoms with van der Waals surface area (Å²) in [5.41, 5.74) is 0.797. The summed E-state index contributed by atoms with van der Waals surface area (Å²) < 4.78 is 5.95. The van der Waals surface area contributed by atoms with Crippen molar-refractivity contribution < 1.29 is 19.4 Å². The molecule has 1 fully saturated rings. The molecule has 1 aromatic carbocycles. The Morgan fingerprint density at radius 1 is 1.45 bits per heavy atom. The number of ether oxygens (including phenoxy) is 1. The maximum absolute atomic E-state index is 12.3. The predicted octanol–water partition coefficient (Wildman–Crippen LogP) is 2.08. The van der Waals surface area contributed by atoms with Gasteiger partial charge in [0.15, 0.2) is 0 Å². The lowest BCUT2D eigenvalue weighted by Crippen LogP contribution is -2.38. The van der Waals surface area contributed by atoms with E-state index in [-0.39, 0.29) is 24.9 Å². The number of methoxy groups -OCH3 is 1. The van der Waals surface area contributed by atoms with Crippen LogP contribution in [-0.4, -0.2) is 41.6 Å². The molecule has 0 aromatic heterocycles. The third-order valence-corrected chi connectivity index (χ3v) is 3.98. The fourth-order valence-corrected chi connectivity index (χ4v) is 2.42. The van der Waals surface area contributed by atoms with Crippen LogP contribution in [0.25, 0.3) is 0 Å². The number of aliphatic carboxylic acids is 1. The van der Waals surface area contributed by atoms with Crippen LogP contribution < -0.4 is 4.74 Å². The zero-order valence-corrected chi connectivity index (χ0v) is 12.7. The molecule has 2 rings (SSSR count). The minimum absolute atomic E-state index is 0.0861. The quantitative estimate of drug-likeness (QED) is 0.860. The van der Waals surface area contributed by atoms with Crippen LogP contribution in [0, 0.1) is 0 Å². The van der Waals surface area contributed by atoms with Gasteiger partial charge in [-0.05, 0) is 36.6 Å². The van der Waals surface area contributed by atoms with Gasteiger partial charge in [0.25, 0.3) is 0 Å². The molecule has 0 aliphatic heterocycles. The number of amides is 1. The molecule has 20 heavy (non-hydrogen) atoms. The van der Waals surface area contributed by atoms with E-state index in [4.69, 9.17) is 9.84 Å². The van der Waals surface area contributed by atoms with E-state index in [2.05, 4.69) is 15.9 Å². The van der Waals surface area contributed by atoms with Crippen LogP contribution in [0.5, 0.6) is 5.75 Å². The number of benzene rings is 1. The van der Waals surface area contributed by atoms with Gasteiger partial charge in [-0.15, -0.1) is 0 Å². The van der Waals surface area contributed by atoms with Crippen LogP contribution in [-0.2, 0) is 16.0 Å². The van der Waals surface area contributed by atoms with E-state index in [9.17, 15) is 9.59 Å². The van der Waals surface area contributed by atoms with Gasteiger partial charge in [-0.25, -0.2) is 0 Å². The van der Waals surface area contributed by atoms with Crippen LogP contribution in [0.15, 0.2) is 22.7 Å². The van der Waals surface area contributed by atoms with Gasteiger partial charge in [0, 0.05) is 10.5 Å². The van der Waals surface area contributed by atoms with Gasteiger partial charge >= 0.3 is 5.97 Å². The first-order valence-corrected chi connectivity index (χ1v) is 7.14. The van der Waals surface area contributed by atoms with Crippen molar-refractivity contribution in [2.75, 3.05) is 13.7 Å². The van der Waals surface area contributed by atoms with Crippen molar-refractivity contribution >= 4 is 27.8 Å². The number of rotatable bonds is 6. The van der Waals surface area contributed by atoms with Crippen molar-refractivity contribution in [3.8, 4) is 5.75 Å². The van der Waals surface area contributed by atoms with E-state index in [1.807, 2.05) is 6.07 Å². The molecule has 0 atom stereocenters. The number of hydrogen-bond donors (Lipinski definition) is 1. The van der Waals surface area contributed by atoms with E-state index in [0.29, 0.717) is 5.75 Å². The molecule has 0 spiro atoms. The van der Waals surface area contributed by atoms with Crippen molar-refractivity contribution in [2.45, 2.75) is 25.3 Å². The molecule has 1 aliphatic rings. The van der Waals surface area contributed by atoms with Crippen molar-refractivity contribution in [2.24, 2.45) is 0 Å². The standard InChI is InChI=1S/C14H16BrNO4/c1-20-11-4-5-12(15)9(6-11)7-13(17)16(8-14(18)19)10-2-3-10/h4-6,10H,2-3,7-8H2,1H3,(H,18,19). The number of carboxylic acids is 1. The van der Waals surface area contributed by atoms with E-state index in [0.717, 1.165) is 22.9 Å². The van der Waals surface area contributed by atoms with Crippen molar-refractivity contribution in [3.63, 3.8) is 0 Å². The molecule has 108 valence electrons. The fourth-order valence-electron chi connectivity index (χ4n) is 2.03. The molecule has 1 aliphatic carbocycles. The molecule has 0 radical (unpaired) electrons. The van der Waals surface area contributed by atoms with E-state index in [1.54, 1.807) is 19.2 Å². The van der Waals surface area contributed by atoms with E-state index >= 15 is 0 Å². The van der Waals surface area contributed by atoms with Crippen molar-refractivity contribution in [3.05, 3.63) is 28.2 Å². The molecular formula is C14H16BrNO4. The van der Waals surface area contributed by atoms with Gasteiger partial charge in [-0.3, -0.25) is 9.59 Å². The number of halogens is 1. The third-order valence-electron chi connectivity index (χ3n) is 3.21. The maximum Gasteiger partial charge on any atom is 0.323 e. The average Bonchev–Trinajstić information content (AvgIpc) is 3.22. The summed E-state index contributed by atoms with van der Waals surface area (Å²) in [5, 5.41) is 8.89. The molecule has 0 unspecified atom stereocenters. The minimum atomic E-state index is -0.977. The lowest BCUT2D eigenvalue weighted by molar-refractivity contribution is -0.144. The monoisotopic (exact) mass is 341 g/mol. The van der Waals surface area contributed by atoms with Gasteiger partial charge in [0.05, 0.1) is 13.5 Å². The second-order valence-corrected chi connectivity index (χ2v) is 5.64. The van der Waals surface area contributed by atoms with Gasteiger partial charge in [0.1, 0.15) is 12.3 Å². The molecule has 1 aromatic rings. The maximum atomic E-state index is 12.3. The summed E-state index contributed by atoms with van der Waals surface area (Å²) in [6.07, 6.45) is 1.94. The average molecular weight is 342 g/mol. The molecule has 1 N–H and O–H groups in total. The Labute approximate surface area is 125 Å². The smallest absolute Gasteiger partial charge is 0.323 e. The number of carbonyl (C=O) groups excluding carboxylic acids is 1. The topological polar surface area (TPSA) is 66.8 Å². The zero-order chi connectivity index (χ0) is 14.7. The Bertz CT molecular complexity index is 528. The van der Waals surface area contributed by atoms with Crippen LogP contribution in [0.3, 0.4) is 0 Å². The molecular weight excluding hydrogens is 326 g/mol. The minimum Gasteiger partial charge on any atom is -0.497 e. The fraction of sp³-hybridized carbons (Fsp3) is 0.429. The largest absolute Gasteiger partial charge is 0.497 e. The zero-order valence-electron chi connectivity index (χ0n) is 11.1. The summed E-state index contributed by atoms with van der Waals surface area (Å²) in [6.45, 7) is -0.231. The molecule has 0 heterocycles. The van der Waals surface area contributed by atoms with E-state index < -0.39 is 5.97 Å². The van der Waals surface area contributed by atoms with Crippen molar-refractivity contribution in [1.82, 2.24) is 4.90 Å². The normalized spacial score (nSPS) is 13.9. The first-order valence-electron chi connectivity index (χ1n) is 6.35. The SMILES string of the molecule is COc1ccc(Br)c(CC(=O)N(CC(=O)O)C2CC2)c1.